The standard InChI is InChI=1S/C15H17BrN2O2/c1-10-8-18(5-6-20-10)9-11-7-17-14-12(15(11)19)3-2-4-13(14)16/h2-4,7,10H,5-6,8-9H2,1H3,(H,17,19). The molecule has 1 unspecified atom stereocenters. The normalized spacial score (nSPS) is 20.4. The van der Waals surface area contributed by atoms with Gasteiger partial charge in [-0.15, -0.1) is 0 Å². The molecule has 3 rings (SSSR count). The first-order chi connectivity index (χ1) is 9.65. The molecule has 1 aromatic heterocycles. The average molecular weight is 337 g/mol. The molecule has 1 aromatic carbocycles. The van der Waals surface area contributed by atoms with Crippen LogP contribution in [0.2, 0.25) is 0 Å². The van der Waals surface area contributed by atoms with E-state index in [1.54, 1.807) is 0 Å². The van der Waals surface area contributed by atoms with Crippen LogP contribution in [0, 0.1) is 0 Å². The Morgan fingerprint density at radius 1 is 1.50 bits per heavy atom. The zero-order chi connectivity index (χ0) is 14.1. The van der Waals surface area contributed by atoms with Gasteiger partial charge >= 0.3 is 0 Å². The van der Waals surface area contributed by atoms with Crippen LogP contribution in [-0.2, 0) is 11.3 Å². The number of rotatable bonds is 2. The molecule has 0 amide bonds. The van der Waals surface area contributed by atoms with E-state index >= 15 is 0 Å². The van der Waals surface area contributed by atoms with Gasteiger partial charge in [0.05, 0.1) is 18.2 Å². The molecule has 2 heterocycles. The number of aromatic nitrogens is 1. The minimum absolute atomic E-state index is 0.110. The SMILES string of the molecule is CC1CN(Cc2c[nH]c3c(Br)cccc3c2=O)CCO1. The summed E-state index contributed by atoms with van der Waals surface area (Å²) in [6.45, 7) is 5.22. The number of para-hydroxylation sites is 1. The number of pyridine rings is 1. The van der Waals surface area contributed by atoms with E-state index in [-0.39, 0.29) is 11.5 Å². The van der Waals surface area contributed by atoms with Crippen LogP contribution in [0.15, 0.2) is 33.7 Å². The van der Waals surface area contributed by atoms with Gasteiger partial charge in [-0.05, 0) is 35.0 Å². The summed E-state index contributed by atoms with van der Waals surface area (Å²) in [5, 5.41) is 0.734. The lowest BCUT2D eigenvalue weighted by Crippen LogP contribution is -2.41. The summed E-state index contributed by atoms with van der Waals surface area (Å²) in [5.41, 5.74) is 1.78. The highest BCUT2D eigenvalue weighted by Gasteiger charge is 2.18. The summed E-state index contributed by atoms with van der Waals surface area (Å²) in [5.74, 6) is 0. The van der Waals surface area contributed by atoms with Crippen LogP contribution in [0.1, 0.15) is 12.5 Å². The van der Waals surface area contributed by atoms with Crippen molar-refractivity contribution in [2.24, 2.45) is 0 Å². The van der Waals surface area contributed by atoms with Crippen LogP contribution < -0.4 is 5.43 Å². The molecule has 5 heteroatoms. The Labute approximate surface area is 125 Å². The number of fused-ring (bicyclic) bond motifs is 1. The van der Waals surface area contributed by atoms with Crippen molar-refractivity contribution in [1.82, 2.24) is 9.88 Å². The highest BCUT2D eigenvalue weighted by Crippen LogP contribution is 2.19. The van der Waals surface area contributed by atoms with Crippen molar-refractivity contribution in [2.75, 3.05) is 19.7 Å². The van der Waals surface area contributed by atoms with Gasteiger partial charge < -0.3 is 9.72 Å². The molecule has 106 valence electrons. The van der Waals surface area contributed by atoms with Crippen molar-refractivity contribution < 1.29 is 4.74 Å². The molecule has 1 atom stereocenters. The van der Waals surface area contributed by atoms with Gasteiger partial charge in [0.25, 0.3) is 0 Å². The van der Waals surface area contributed by atoms with Crippen molar-refractivity contribution in [2.45, 2.75) is 19.6 Å². The maximum Gasteiger partial charge on any atom is 0.193 e. The topological polar surface area (TPSA) is 45.3 Å². The van der Waals surface area contributed by atoms with E-state index in [2.05, 4.69) is 32.7 Å². The molecule has 1 fully saturated rings. The van der Waals surface area contributed by atoms with E-state index in [1.165, 1.54) is 0 Å². The minimum Gasteiger partial charge on any atom is -0.376 e. The van der Waals surface area contributed by atoms with Crippen LogP contribution >= 0.6 is 15.9 Å². The van der Waals surface area contributed by atoms with Gasteiger partial charge in [0, 0.05) is 41.3 Å². The van der Waals surface area contributed by atoms with Crippen LogP contribution in [0.5, 0.6) is 0 Å². The largest absolute Gasteiger partial charge is 0.376 e. The lowest BCUT2D eigenvalue weighted by atomic mass is 10.1. The molecule has 0 bridgehead atoms. The smallest absolute Gasteiger partial charge is 0.193 e. The molecule has 0 saturated carbocycles. The van der Waals surface area contributed by atoms with Gasteiger partial charge in [0.1, 0.15) is 0 Å². The molecular weight excluding hydrogens is 320 g/mol. The predicted octanol–water partition coefficient (Wildman–Crippen LogP) is 2.51. The van der Waals surface area contributed by atoms with Crippen molar-refractivity contribution in [3.05, 3.63) is 44.7 Å². The summed E-state index contributed by atoms with van der Waals surface area (Å²) < 4.78 is 6.44. The molecule has 1 aliphatic heterocycles. The average Bonchev–Trinajstić information content (AvgIpc) is 2.43. The molecule has 20 heavy (non-hydrogen) atoms. The van der Waals surface area contributed by atoms with E-state index < -0.39 is 0 Å². The van der Waals surface area contributed by atoms with Crippen LogP contribution in [0.4, 0.5) is 0 Å². The van der Waals surface area contributed by atoms with Gasteiger partial charge in [-0.3, -0.25) is 9.69 Å². The number of hydrogen-bond acceptors (Lipinski definition) is 3. The molecule has 0 aliphatic carbocycles. The highest BCUT2D eigenvalue weighted by molar-refractivity contribution is 9.10. The Balaban J connectivity index is 1.93. The Morgan fingerprint density at radius 3 is 3.15 bits per heavy atom. The summed E-state index contributed by atoms with van der Waals surface area (Å²) >= 11 is 3.46. The van der Waals surface area contributed by atoms with Crippen LogP contribution in [0.3, 0.4) is 0 Å². The van der Waals surface area contributed by atoms with Gasteiger partial charge in [-0.2, -0.15) is 0 Å². The molecular formula is C15H17BrN2O2. The molecule has 1 N–H and O–H groups in total. The third-order valence-electron chi connectivity index (χ3n) is 3.66. The molecule has 1 saturated heterocycles. The number of hydrogen-bond donors (Lipinski definition) is 1. The van der Waals surface area contributed by atoms with E-state index in [9.17, 15) is 4.79 Å². The second kappa shape index (κ2) is 5.68. The van der Waals surface area contributed by atoms with E-state index in [0.29, 0.717) is 6.54 Å². The molecule has 0 spiro atoms. The Bertz CT molecular complexity index is 683. The van der Waals surface area contributed by atoms with Crippen LogP contribution in [0.25, 0.3) is 10.9 Å². The van der Waals surface area contributed by atoms with Crippen molar-refractivity contribution in [3.63, 3.8) is 0 Å². The first-order valence-electron chi connectivity index (χ1n) is 6.78. The second-order valence-electron chi connectivity index (χ2n) is 5.22. The van der Waals surface area contributed by atoms with Gasteiger partial charge in [0.2, 0.25) is 0 Å². The second-order valence-corrected chi connectivity index (χ2v) is 6.08. The quantitative estimate of drug-likeness (QED) is 0.916. The first kappa shape index (κ1) is 13.8. The van der Waals surface area contributed by atoms with Gasteiger partial charge in [0.15, 0.2) is 5.43 Å². The van der Waals surface area contributed by atoms with Gasteiger partial charge in [-0.25, -0.2) is 0 Å². The zero-order valence-corrected chi connectivity index (χ0v) is 12.9. The molecule has 1 aliphatic rings. The van der Waals surface area contributed by atoms with Crippen LogP contribution in [-0.4, -0.2) is 35.7 Å². The predicted molar refractivity (Wildman–Crippen MR) is 83.0 cm³/mol. The highest BCUT2D eigenvalue weighted by atomic mass is 79.9. The number of morpholine rings is 1. The maximum absolute atomic E-state index is 12.5. The lowest BCUT2D eigenvalue weighted by Gasteiger charge is -2.30. The third kappa shape index (κ3) is 2.66. The number of aromatic amines is 1. The van der Waals surface area contributed by atoms with Crippen molar-refractivity contribution >= 4 is 26.8 Å². The van der Waals surface area contributed by atoms with Crippen molar-refractivity contribution in [1.29, 1.82) is 0 Å². The van der Waals surface area contributed by atoms with E-state index in [4.69, 9.17) is 4.74 Å². The Morgan fingerprint density at radius 2 is 2.35 bits per heavy atom. The fraction of sp³-hybridized carbons (Fsp3) is 0.400. The lowest BCUT2D eigenvalue weighted by molar-refractivity contribution is -0.0213. The molecule has 4 nitrogen and oxygen atoms in total. The molecule has 2 aromatic rings. The van der Waals surface area contributed by atoms with E-state index in [1.807, 2.05) is 24.4 Å². The van der Waals surface area contributed by atoms with Crippen molar-refractivity contribution in [3.8, 4) is 0 Å². The molecule has 0 radical (unpaired) electrons. The number of halogens is 1. The minimum atomic E-state index is 0.110. The summed E-state index contributed by atoms with van der Waals surface area (Å²) in [4.78, 5) is 18.0. The van der Waals surface area contributed by atoms with Gasteiger partial charge in [-0.1, -0.05) is 6.07 Å². The number of ether oxygens (including phenoxy) is 1. The Hall–Kier alpha value is -1.17. The maximum atomic E-state index is 12.5. The number of nitrogens with one attached hydrogen (secondary N) is 1. The number of H-pyrrole nitrogens is 1. The monoisotopic (exact) mass is 336 g/mol. The first-order valence-corrected chi connectivity index (χ1v) is 7.57. The van der Waals surface area contributed by atoms with E-state index in [0.717, 1.165) is 40.6 Å². The summed E-state index contributed by atoms with van der Waals surface area (Å²) in [6.07, 6.45) is 2.06. The summed E-state index contributed by atoms with van der Waals surface area (Å²) in [7, 11) is 0. The third-order valence-corrected chi connectivity index (χ3v) is 4.32. The Kier molecular flexibility index (Phi) is 3.92. The zero-order valence-electron chi connectivity index (χ0n) is 11.4. The summed E-state index contributed by atoms with van der Waals surface area (Å²) in [6, 6.07) is 5.69. The number of benzene rings is 1. The fourth-order valence-electron chi connectivity index (χ4n) is 2.65. The fourth-order valence-corrected chi connectivity index (χ4v) is 3.13. The number of nitrogens with zero attached hydrogens (tertiary/aromatic N) is 1.